The average molecular weight is 176 g/mol. The third kappa shape index (κ3) is 0.782. The quantitative estimate of drug-likeness (QED) is 0.493. The highest BCUT2D eigenvalue weighted by molar-refractivity contribution is 5.23. The van der Waals surface area contributed by atoms with Crippen LogP contribution >= 0.6 is 0 Å². The molecule has 0 radical (unpaired) electrons. The van der Waals surface area contributed by atoms with Crippen molar-refractivity contribution < 1.29 is 0 Å². The summed E-state index contributed by atoms with van der Waals surface area (Å²) >= 11 is 0. The van der Waals surface area contributed by atoms with E-state index in [-0.39, 0.29) is 0 Å². The summed E-state index contributed by atoms with van der Waals surface area (Å²) in [5, 5.41) is 0. The normalized spacial score (nSPS) is 44.0. The lowest BCUT2D eigenvalue weighted by molar-refractivity contribution is -0.172. The molecule has 13 heavy (non-hydrogen) atoms. The average Bonchev–Trinajstić information content (AvgIpc) is 2.01. The molecule has 0 amide bonds. The molecule has 4 rings (SSSR count). The first-order valence-corrected chi connectivity index (χ1v) is 5.71. The van der Waals surface area contributed by atoms with Gasteiger partial charge in [-0.3, -0.25) is 0 Å². The zero-order valence-electron chi connectivity index (χ0n) is 8.90. The number of allylic oxidation sites excluding steroid dienone is 1. The van der Waals surface area contributed by atoms with Crippen molar-refractivity contribution in [2.75, 3.05) is 0 Å². The predicted octanol–water partition coefficient (Wildman–Crippen LogP) is 3.78. The van der Waals surface area contributed by atoms with Gasteiger partial charge in [0, 0.05) is 0 Å². The Labute approximate surface area is 81.4 Å². The van der Waals surface area contributed by atoms with Gasteiger partial charge in [-0.2, -0.15) is 0 Å². The summed E-state index contributed by atoms with van der Waals surface area (Å²) in [5.74, 6) is 2.08. The molecule has 0 N–H and O–H groups in total. The Kier molecular flexibility index (Phi) is 1.27. The largest absolute Gasteiger partial charge is 0.0998 e. The Hall–Kier alpha value is -0.260. The van der Waals surface area contributed by atoms with Crippen LogP contribution < -0.4 is 0 Å². The Morgan fingerprint density at radius 2 is 2.00 bits per heavy atom. The fourth-order valence-electron chi connectivity index (χ4n) is 4.55. The van der Waals surface area contributed by atoms with E-state index in [1.165, 1.54) is 37.7 Å². The summed E-state index contributed by atoms with van der Waals surface area (Å²) in [6, 6.07) is 0. The lowest BCUT2D eigenvalue weighted by atomic mass is 9.36. The van der Waals surface area contributed by atoms with Crippen molar-refractivity contribution in [3.63, 3.8) is 0 Å². The van der Waals surface area contributed by atoms with Crippen LogP contribution in [0.15, 0.2) is 12.2 Å². The third-order valence-corrected chi connectivity index (χ3v) is 5.40. The van der Waals surface area contributed by atoms with Crippen molar-refractivity contribution in [3.05, 3.63) is 12.2 Å². The smallest absolute Gasteiger partial charge is 0.0190 e. The van der Waals surface area contributed by atoms with Gasteiger partial charge in [0.05, 0.1) is 0 Å². The van der Waals surface area contributed by atoms with E-state index >= 15 is 0 Å². The van der Waals surface area contributed by atoms with Crippen LogP contribution in [0.3, 0.4) is 0 Å². The number of hydrogen-bond donors (Lipinski definition) is 0. The molecule has 4 aliphatic carbocycles. The molecular formula is C13H20. The fourth-order valence-corrected chi connectivity index (χ4v) is 4.55. The van der Waals surface area contributed by atoms with E-state index in [2.05, 4.69) is 20.4 Å². The summed E-state index contributed by atoms with van der Waals surface area (Å²) in [5.41, 5.74) is 2.91. The molecule has 2 atom stereocenters. The highest BCUT2D eigenvalue weighted by Gasteiger charge is 2.63. The van der Waals surface area contributed by atoms with E-state index in [9.17, 15) is 0 Å². The minimum absolute atomic E-state index is 0.666. The molecule has 1 spiro atoms. The second-order valence-corrected chi connectivity index (χ2v) is 6.31. The van der Waals surface area contributed by atoms with Gasteiger partial charge in [0.15, 0.2) is 0 Å². The van der Waals surface area contributed by atoms with Gasteiger partial charge < -0.3 is 0 Å². The standard InChI is InChI=1S/C13H20/c1-9-7-13(8-9)5-4-10-6-11(13)12(10,2)3/h10-11H,1,4-8H2,2-3H3. The van der Waals surface area contributed by atoms with Crippen LogP contribution in [0.4, 0.5) is 0 Å². The van der Waals surface area contributed by atoms with Gasteiger partial charge in [-0.05, 0) is 54.8 Å². The molecule has 0 nitrogen and oxygen atoms in total. The van der Waals surface area contributed by atoms with E-state index < -0.39 is 0 Å². The van der Waals surface area contributed by atoms with Crippen molar-refractivity contribution in [2.45, 2.75) is 46.0 Å². The molecule has 4 aliphatic rings. The van der Waals surface area contributed by atoms with Crippen LogP contribution in [0.25, 0.3) is 0 Å². The fraction of sp³-hybridized carbons (Fsp3) is 0.846. The minimum atomic E-state index is 0.666. The first kappa shape index (κ1) is 8.08. The predicted molar refractivity (Wildman–Crippen MR) is 55.4 cm³/mol. The Balaban J connectivity index is 1.88. The maximum absolute atomic E-state index is 4.11. The summed E-state index contributed by atoms with van der Waals surface area (Å²) in [6.45, 7) is 9.10. The monoisotopic (exact) mass is 176 g/mol. The van der Waals surface area contributed by atoms with E-state index in [4.69, 9.17) is 0 Å². The van der Waals surface area contributed by atoms with Crippen molar-refractivity contribution in [1.82, 2.24) is 0 Å². The van der Waals surface area contributed by atoms with Crippen molar-refractivity contribution in [1.29, 1.82) is 0 Å². The molecule has 0 aromatic rings. The minimum Gasteiger partial charge on any atom is -0.0998 e. The van der Waals surface area contributed by atoms with Crippen LogP contribution in [-0.2, 0) is 0 Å². The zero-order valence-corrected chi connectivity index (χ0v) is 8.90. The summed E-state index contributed by atoms with van der Waals surface area (Å²) < 4.78 is 0. The summed E-state index contributed by atoms with van der Waals surface area (Å²) in [7, 11) is 0. The SMILES string of the molecule is C=C1CC2(CCC3CC2C3(C)C)C1. The van der Waals surface area contributed by atoms with Gasteiger partial charge in [-0.15, -0.1) is 0 Å². The van der Waals surface area contributed by atoms with Crippen molar-refractivity contribution in [2.24, 2.45) is 22.7 Å². The molecule has 0 aromatic heterocycles. The topological polar surface area (TPSA) is 0 Å². The van der Waals surface area contributed by atoms with Crippen LogP contribution in [0.2, 0.25) is 0 Å². The molecule has 72 valence electrons. The maximum atomic E-state index is 4.11. The van der Waals surface area contributed by atoms with Crippen LogP contribution in [0.5, 0.6) is 0 Å². The summed E-state index contributed by atoms with van der Waals surface area (Å²) in [6.07, 6.45) is 7.24. The number of fused-ring (bicyclic) bond motifs is 1. The van der Waals surface area contributed by atoms with Gasteiger partial charge in [-0.25, -0.2) is 0 Å². The van der Waals surface area contributed by atoms with Gasteiger partial charge >= 0.3 is 0 Å². The van der Waals surface area contributed by atoms with Gasteiger partial charge in [0.2, 0.25) is 0 Å². The Bertz CT molecular complexity index is 262. The highest BCUT2D eigenvalue weighted by Crippen LogP contribution is 2.72. The van der Waals surface area contributed by atoms with Gasteiger partial charge in [0.1, 0.15) is 0 Å². The highest BCUT2D eigenvalue weighted by atomic mass is 14.7. The van der Waals surface area contributed by atoms with E-state index in [0.29, 0.717) is 5.41 Å². The molecule has 4 saturated carbocycles. The van der Waals surface area contributed by atoms with Crippen LogP contribution in [0, 0.1) is 22.7 Å². The zero-order chi connectivity index (χ0) is 9.27. The van der Waals surface area contributed by atoms with E-state index in [1.807, 2.05) is 0 Å². The third-order valence-electron chi connectivity index (χ3n) is 5.40. The van der Waals surface area contributed by atoms with Gasteiger partial charge in [0.25, 0.3) is 0 Å². The molecule has 0 aliphatic heterocycles. The van der Waals surface area contributed by atoms with E-state index in [0.717, 1.165) is 17.3 Å². The number of hydrogen-bond acceptors (Lipinski definition) is 0. The molecule has 2 unspecified atom stereocenters. The first-order chi connectivity index (χ1) is 6.05. The molecule has 0 aromatic carbocycles. The molecule has 2 bridgehead atoms. The maximum Gasteiger partial charge on any atom is -0.0190 e. The van der Waals surface area contributed by atoms with Gasteiger partial charge in [-0.1, -0.05) is 26.0 Å². The van der Waals surface area contributed by atoms with Crippen molar-refractivity contribution in [3.8, 4) is 0 Å². The Morgan fingerprint density at radius 3 is 2.46 bits per heavy atom. The Morgan fingerprint density at radius 1 is 1.31 bits per heavy atom. The van der Waals surface area contributed by atoms with Crippen LogP contribution in [-0.4, -0.2) is 0 Å². The van der Waals surface area contributed by atoms with Crippen molar-refractivity contribution >= 4 is 0 Å². The lowest BCUT2D eigenvalue weighted by Gasteiger charge is -2.68. The molecule has 4 fully saturated rings. The molecular weight excluding hydrogens is 156 g/mol. The van der Waals surface area contributed by atoms with Crippen LogP contribution in [0.1, 0.15) is 46.0 Å². The van der Waals surface area contributed by atoms with E-state index in [1.54, 1.807) is 0 Å². The molecule has 0 heteroatoms. The lowest BCUT2D eigenvalue weighted by Crippen LogP contribution is -2.60. The molecule has 0 saturated heterocycles. The second kappa shape index (κ2) is 2.04. The summed E-state index contributed by atoms with van der Waals surface area (Å²) in [4.78, 5) is 0. The molecule has 0 heterocycles. The second-order valence-electron chi connectivity index (χ2n) is 6.31. The number of rotatable bonds is 0. The first-order valence-electron chi connectivity index (χ1n) is 5.71.